The van der Waals surface area contributed by atoms with Crippen LogP contribution in [0.3, 0.4) is 0 Å². The van der Waals surface area contributed by atoms with E-state index in [4.69, 9.17) is 74.3 Å². The minimum atomic E-state index is -2.02. The highest BCUT2D eigenvalue weighted by Crippen LogP contribution is 2.77. The first kappa shape index (κ1) is 29.1. The van der Waals surface area contributed by atoms with Gasteiger partial charge in [0.1, 0.15) is 15.5 Å². The van der Waals surface area contributed by atoms with Gasteiger partial charge in [-0.05, 0) is 36.2 Å². The summed E-state index contributed by atoms with van der Waals surface area (Å²) in [6.45, 7) is 2.30. The fourth-order valence-electron chi connectivity index (χ4n) is 6.26. The molecule has 0 radical (unpaired) electrons. The van der Waals surface area contributed by atoms with Crippen LogP contribution < -0.4 is 9.64 Å². The van der Waals surface area contributed by atoms with Crippen LogP contribution in [-0.2, 0) is 25.7 Å². The molecule has 7 nitrogen and oxygen atoms in total. The second-order valence-corrected chi connectivity index (χ2v) is 13.9. The molecule has 2 bridgehead atoms. The van der Waals surface area contributed by atoms with E-state index in [9.17, 15) is 19.2 Å². The number of hydrogen-bond donors (Lipinski definition) is 0. The van der Waals surface area contributed by atoms with Gasteiger partial charge < -0.3 is 9.64 Å². The summed E-state index contributed by atoms with van der Waals surface area (Å²) in [5.74, 6) is -4.98. The molecule has 2 aromatic carbocycles. The fraction of sp³-hybridized carbons (Fsp3) is 0.357. The number of anilines is 1. The second kappa shape index (κ2) is 9.76. The molecule has 0 N–H and O–H groups in total. The quantitative estimate of drug-likeness (QED) is 0.171. The van der Waals surface area contributed by atoms with Crippen LogP contribution in [0.4, 0.5) is 5.69 Å². The third-order valence-corrected chi connectivity index (χ3v) is 12.6. The van der Waals surface area contributed by atoms with Crippen molar-refractivity contribution in [1.82, 2.24) is 4.90 Å². The van der Waals surface area contributed by atoms with Crippen molar-refractivity contribution in [2.45, 2.75) is 34.0 Å². The molecule has 2 aliphatic carbocycles. The van der Waals surface area contributed by atoms with Gasteiger partial charge in [-0.15, -0.1) is 23.2 Å². The van der Waals surface area contributed by atoms with Gasteiger partial charge in [-0.3, -0.25) is 19.2 Å². The van der Waals surface area contributed by atoms with E-state index in [-0.39, 0.29) is 40.4 Å². The van der Waals surface area contributed by atoms with Crippen LogP contribution in [0.5, 0.6) is 5.75 Å². The van der Waals surface area contributed by atoms with Crippen molar-refractivity contribution in [3.05, 3.63) is 69.7 Å². The zero-order valence-corrected chi connectivity index (χ0v) is 25.7. The molecule has 2 aliphatic heterocycles. The average Bonchev–Trinajstić information content (AvgIpc) is 3.50. The zero-order chi connectivity index (χ0) is 29.6. The molecule has 13 heteroatoms. The predicted octanol–water partition coefficient (Wildman–Crippen LogP) is 5.90. The smallest absolute Gasteiger partial charge is 0.316 e. The normalized spacial score (nSPS) is 31.9. The Morgan fingerprint density at radius 2 is 1.51 bits per heavy atom. The fourth-order valence-corrected chi connectivity index (χ4v) is 9.19. The van der Waals surface area contributed by atoms with Crippen molar-refractivity contribution in [2.24, 2.45) is 17.8 Å². The minimum absolute atomic E-state index is 0.0461. The zero-order valence-electron chi connectivity index (χ0n) is 21.2. The number of hydrogen-bond acceptors (Lipinski definition) is 5. The number of fused-ring (bicyclic) bond motifs is 5. The van der Waals surface area contributed by atoms with Crippen LogP contribution >= 0.6 is 69.6 Å². The second-order valence-electron chi connectivity index (χ2n) is 10.6. The lowest BCUT2D eigenvalue weighted by atomic mass is 9.84. The largest absolute Gasteiger partial charge is 0.426 e. The maximum absolute atomic E-state index is 13.7. The Bertz CT molecular complexity index is 1520. The molecule has 3 amide bonds. The molecule has 0 unspecified atom stereocenters. The summed E-state index contributed by atoms with van der Waals surface area (Å²) in [7, 11) is 0. The lowest BCUT2D eigenvalue weighted by molar-refractivity contribution is -0.139. The Kier molecular flexibility index (Phi) is 6.93. The van der Waals surface area contributed by atoms with Crippen molar-refractivity contribution >= 4 is 99.0 Å². The van der Waals surface area contributed by atoms with E-state index in [1.807, 2.05) is 30.3 Å². The van der Waals surface area contributed by atoms with E-state index >= 15 is 0 Å². The molecule has 5 atom stereocenters. The molecule has 41 heavy (non-hydrogen) atoms. The van der Waals surface area contributed by atoms with E-state index in [0.29, 0.717) is 12.1 Å². The number of halogens is 6. The van der Waals surface area contributed by atoms with Crippen molar-refractivity contribution in [1.29, 1.82) is 0 Å². The number of benzene rings is 2. The maximum atomic E-state index is 13.7. The van der Waals surface area contributed by atoms with Crippen LogP contribution in [0.15, 0.2) is 58.6 Å². The van der Waals surface area contributed by atoms with Gasteiger partial charge in [0, 0.05) is 19.5 Å². The van der Waals surface area contributed by atoms with Crippen molar-refractivity contribution in [3.8, 4) is 5.75 Å². The highest BCUT2D eigenvalue weighted by atomic mass is 35.5. The molecule has 0 aromatic heterocycles. The van der Waals surface area contributed by atoms with Gasteiger partial charge in [-0.2, -0.15) is 0 Å². The number of carbonyl (C=O) groups is 4. The first-order valence-electron chi connectivity index (χ1n) is 12.6. The van der Waals surface area contributed by atoms with Crippen molar-refractivity contribution in [3.63, 3.8) is 0 Å². The van der Waals surface area contributed by atoms with Gasteiger partial charge in [-0.25, -0.2) is 4.90 Å². The summed E-state index contributed by atoms with van der Waals surface area (Å²) in [6.07, 6.45) is 0.0461. The topological polar surface area (TPSA) is 84.0 Å². The molecule has 3 fully saturated rings. The third kappa shape index (κ3) is 3.86. The molecule has 2 heterocycles. The molecule has 2 saturated heterocycles. The molecule has 6 rings (SSSR count). The lowest BCUT2D eigenvalue weighted by Crippen LogP contribution is -2.50. The molecular weight excluding hydrogens is 657 g/mol. The number of esters is 1. The van der Waals surface area contributed by atoms with Crippen molar-refractivity contribution < 1.29 is 23.9 Å². The van der Waals surface area contributed by atoms with Crippen LogP contribution in [-0.4, -0.2) is 49.2 Å². The maximum Gasteiger partial charge on any atom is 0.316 e. The van der Waals surface area contributed by atoms with Crippen LogP contribution in [0.25, 0.3) is 0 Å². The number of alkyl halides is 4. The Morgan fingerprint density at radius 3 is 2.07 bits per heavy atom. The molecule has 4 aliphatic rings. The van der Waals surface area contributed by atoms with Crippen LogP contribution in [0.2, 0.25) is 0 Å². The number of nitrogens with zero attached hydrogens (tertiary/aromatic N) is 2. The van der Waals surface area contributed by atoms with E-state index < -0.39 is 49.6 Å². The lowest BCUT2D eigenvalue weighted by Gasteiger charge is -2.34. The SMILES string of the molecule is Cc1cc(OC(=O)[C@@H]2CC(=O)N(Cc3ccccc3)C2)ccc1N1C(=O)[C@@H]2[C@@H](C1=O)[C@@]1(Cl)C(Cl)=C(Cl)[C@@]2(Cl)C1(Cl)Cl. The molecule has 214 valence electrons. The van der Waals surface area contributed by atoms with Gasteiger partial charge in [0.2, 0.25) is 17.7 Å². The highest BCUT2D eigenvalue weighted by Gasteiger charge is 2.87. The van der Waals surface area contributed by atoms with Gasteiger partial charge in [0.05, 0.1) is 33.5 Å². The number of aryl methyl sites for hydroxylation is 1. The standard InChI is InChI=1S/C28H20Cl6N2O5/c1-13-9-16(41-25(40)15-10-18(37)35(12-15)11-14-5-3-2-4-6-14)7-8-17(13)36-23(38)19-20(24(36)39)27(32)22(30)21(29)26(19,31)28(27,33)34/h2-9,15,19-20H,10-12H2,1H3/t15-,19+,20+,26-,27-/m1/s1. The van der Waals surface area contributed by atoms with Gasteiger partial charge in [-0.1, -0.05) is 76.7 Å². The summed E-state index contributed by atoms with van der Waals surface area (Å²) < 4.78 is 3.56. The number of rotatable bonds is 5. The third-order valence-electron chi connectivity index (χ3n) is 8.30. The molecule has 1 saturated carbocycles. The highest BCUT2D eigenvalue weighted by molar-refractivity contribution is 6.67. The summed E-state index contributed by atoms with van der Waals surface area (Å²) in [4.78, 5) is 51.5. The summed E-state index contributed by atoms with van der Waals surface area (Å²) in [6, 6.07) is 14.0. The Morgan fingerprint density at radius 1 is 0.927 bits per heavy atom. The number of carbonyl (C=O) groups excluding carboxylic acids is 4. The Balaban J connectivity index is 1.19. The Labute approximate surface area is 265 Å². The molecular formula is C28H20Cl6N2O5. The summed E-state index contributed by atoms with van der Waals surface area (Å²) in [5, 5.41) is -0.339. The van der Waals surface area contributed by atoms with E-state index in [0.717, 1.165) is 10.5 Å². The Hall–Kier alpha value is -2.00. The number of amides is 3. The van der Waals surface area contributed by atoms with Gasteiger partial charge in [0.25, 0.3) is 0 Å². The van der Waals surface area contributed by atoms with Gasteiger partial charge in [0.15, 0.2) is 4.33 Å². The average molecular weight is 677 g/mol. The number of imide groups is 1. The van der Waals surface area contributed by atoms with Crippen molar-refractivity contribution in [2.75, 3.05) is 11.4 Å². The van der Waals surface area contributed by atoms with Crippen LogP contribution in [0, 0.1) is 24.7 Å². The number of ether oxygens (including phenoxy) is 1. The summed E-state index contributed by atoms with van der Waals surface area (Å²) in [5.41, 5.74) is 1.66. The molecule has 0 spiro atoms. The minimum Gasteiger partial charge on any atom is -0.426 e. The number of likely N-dealkylation sites (tertiary alicyclic amines) is 1. The van der Waals surface area contributed by atoms with E-state index in [2.05, 4.69) is 0 Å². The summed E-state index contributed by atoms with van der Waals surface area (Å²) >= 11 is 39.4. The van der Waals surface area contributed by atoms with E-state index in [1.165, 1.54) is 18.2 Å². The van der Waals surface area contributed by atoms with E-state index in [1.54, 1.807) is 11.8 Å². The van der Waals surface area contributed by atoms with Crippen LogP contribution in [0.1, 0.15) is 17.5 Å². The first-order chi connectivity index (χ1) is 19.2. The monoisotopic (exact) mass is 674 g/mol. The molecule has 2 aromatic rings. The van der Waals surface area contributed by atoms with Gasteiger partial charge >= 0.3 is 5.97 Å². The number of allylic oxidation sites excluding steroid dienone is 2. The predicted molar refractivity (Wildman–Crippen MR) is 157 cm³/mol. The first-order valence-corrected chi connectivity index (χ1v) is 14.9.